The number of aromatic nitrogens is 4. The van der Waals surface area contributed by atoms with E-state index < -0.39 is 26.2 Å². The summed E-state index contributed by atoms with van der Waals surface area (Å²) >= 11 is 0. The van der Waals surface area contributed by atoms with Gasteiger partial charge in [-0.1, -0.05) is 6.92 Å². The number of anilines is 1. The first kappa shape index (κ1) is 18.2. The number of hydrogen-bond donors (Lipinski definition) is 4. The van der Waals surface area contributed by atoms with Gasteiger partial charge in [0, 0.05) is 13.0 Å². The number of nitrogens with two attached hydrogens (primary N) is 1. The Labute approximate surface area is 143 Å². The van der Waals surface area contributed by atoms with Gasteiger partial charge in [-0.15, -0.1) is 0 Å². The lowest BCUT2D eigenvalue weighted by Gasteiger charge is -2.18. The summed E-state index contributed by atoms with van der Waals surface area (Å²) in [6.07, 6.45) is 1.65. The molecule has 2 aromatic rings. The van der Waals surface area contributed by atoms with Crippen LogP contribution in [-0.4, -0.2) is 54.9 Å². The summed E-state index contributed by atoms with van der Waals surface area (Å²) in [5, 5.41) is 12.6. The van der Waals surface area contributed by atoms with Crippen LogP contribution in [0.1, 0.15) is 26.0 Å². The van der Waals surface area contributed by atoms with Crippen LogP contribution in [0.15, 0.2) is 12.7 Å². The quantitative estimate of drug-likeness (QED) is 0.494. The average Bonchev–Trinajstić information content (AvgIpc) is 3.15. The second kappa shape index (κ2) is 7.32. The fourth-order valence-corrected chi connectivity index (χ4v) is 3.54. The Bertz CT molecular complexity index is 785. The maximum Gasteiger partial charge on any atom is 0.403 e. The number of nitrogens with one attached hydrogen (secondary N) is 1. The molecule has 1 aliphatic heterocycles. The van der Waals surface area contributed by atoms with E-state index in [1.54, 1.807) is 4.57 Å². The van der Waals surface area contributed by atoms with E-state index in [2.05, 4.69) is 20.0 Å². The molecule has 0 radical (unpaired) electrons. The highest BCUT2D eigenvalue weighted by molar-refractivity contribution is 7.50. The fraction of sp³-hybridized carbons (Fsp3) is 0.615. The van der Waals surface area contributed by atoms with Gasteiger partial charge in [0.05, 0.1) is 19.0 Å². The second-order valence-electron chi connectivity index (χ2n) is 5.74. The number of rotatable bonds is 7. The van der Waals surface area contributed by atoms with Gasteiger partial charge in [-0.3, -0.25) is 9.09 Å². The van der Waals surface area contributed by atoms with Crippen LogP contribution in [0.3, 0.4) is 0 Å². The molecule has 1 aliphatic rings. The third-order valence-corrected chi connectivity index (χ3v) is 5.00. The molecule has 0 aliphatic carbocycles. The van der Waals surface area contributed by atoms with Gasteiger partial charge in [0.2, 0.25) is 0 Å². The first-order valence-electron chi connectivity index (χ1n) is 7.90. The highest BCUT2D eigenvalue weighted by Crippen LogP contribution is 2.39. The predicted octanol–water partition coefficient (Wildman–Crippen LogP) is 0.173. The van der Waals surface area contributed by atoms with Gasteiger partial charge in [-0.25, -0.2) is 24.6 Å². The summed E-state index contributed by atoms with van der Waals surface area (Å²) in [5.41, 5.74) is 6.69. The lowest BCUT2D eigenvalue weighted by molar-refractivity contribution is -0.0400. The molecule has 5 N–H and O–H groups in total. The minimum atomic E-state index is -3.91. The SMILES string of the molecule is CCCNP(=O)(O)OC[C@H]1O[C@@H](n2cnc3c(N)ncnc32)C[C@H]1O. The normalized spacial score (nSPS) is 26.1. The molecule has 0 saturated carbocycles. The monoisotopic (exact) mass is 372 g/mol. The summed E-state index contributed by atoms with van der Waals surface area (Å²) in [7, 11) is -3.91. The van der Waals surface area contributed by atoms with Crippen LogP contribution in [0, 0.1) is 0 Å². The number of aliphatic hydroxyl groups is 1. The molecule has 4 atom stereocenters. The van der Waals surface area contributed by atoms with Crippen LogP contribution in [0.2, 0.25) is 0 Å². The van der Waals surface area contributed by atoms with E-state index in [-0.39, 0.29) is 18.8 Å². The molecule has 25 heavy (non-hydrogen) atoms. The van der Waals surface area contributed by atoms with Crippen molar-refractivity contribution in [2.24, 2.45) is 0 Å². The molecule has 11 nitrogen and oxygen atoms in total. The van der Waals surface area contributed by atoms with Crippen LogP contribution in [-0.2, 0) is 13.8 Å². The third-order valence-electron chi connectivity index (χ3n) is 3.88. The van der Waals surface area contributed by atoms with E-state index in [9.17, 15) is 14.6 Å². The van der Waals surface area contributed by atoms with E-state index >= 15 is 0 Å². The van der Waals surface area contributed by atoms with Crippen molar-refractivity contribution in [3.8, 4) is 0 Å². The first-order valence-corrected chi connectivity index (χ1v) is 9.48. The molecule has 12 heteroatoms. The fourth-order valence-electron chi connectivity index (χ4n) is 2.59. The third kappa shape index (κ3) is 3.97. The van der Waals surface area contributed by atoms with Crippen molar-refractivity contribution in [1.29, 1.82) is 0 Å². The summed E-state index contributed by atoms with van der Waals surface area (Å²) in [6.45, 7) is 2.01. The molecule has 0 aromatic carbocycles. The van der Waals surface area contributed by atoms with E-state index in [0.717, 1.165) is 0 Å². The Morgan fingerprint density at radius 1 is 1.52 bits per heavy atom. The second-order valence-corrected chi connectivity index (χ2v) is 7.35. The van der Waals surface area contributed by atoms with Crippen LogP contribution in [0.4, 0.5) is 5.82 Å². The molecule has 138 valence electrons. The van der Waals surface area contributed by atoms with Crippen molar-refractivity contribution in [3.63, 3.8) is 0 Å². The van der Waals surface area contributed by atoms with Gasteiger partial charge < -0.3 is 20.5 Å². The summed E-state index contributed by atoms with van der Waals surface area (Å²) < 4.78 is 24.2. The average molecular weight is 372 g/mol. The zero-order chi connectivity index (χ0) is 18.0. The number of ether oxygens (including phenoxy) is 1. The highest BCUT2D eigenvalue weighted by atomic mass is 31.2. The molecular weight excluding hydrogens is 351 g/mol. The summed E-state index contributed by atoms with van der Waals surface area (Å²) in [6, 6.07) is 0. The number of fused-ring (bicyclic) bond motifs is 1. The van der Waals surface area contributed by atoms with Crippen molar-refractivity contribution in [3.05, 3.63) is 12.7 Å². The van der Waals surface area contributed by atoms with Gasteiger partial charge in [0.25, 0.3) is 0 Å². The van der Waals surface area contributed by atoms with Crippen molar-refractivity contribution in [2.45, 2.75) is 38.2 Å². The number of hydrogen-bond acceptors (Lipinski definition) is 8. The van der Waals surface area contributed by atoms with Crippen LogP contribution < -0.4 is 10.8 Å². The largest absolute Gasteiger partial charge is 0.403 e. The van der Waals surface area contributed by atoms with Gasteiger partial charge in [0.15, 0.2) is 11.5 Å². The zero-order valence-corrected chi connectivity index (χ0v) is 14.5. The lowest BCUT2D eigenvalue weighted by Crippen LogP contribution is -2.27. The van der Waals surface area contributed by atoms with Gasteiger partial charge in [0.1, 0.15) is 24.2 Å². The number of aliphatic hydroxyl groups excluding tert-OH is 1. The molecular formula is C13H21N6O5P. The standard InChI is InChI=1S/C13H21N6O5P/c1-2-3-18-25(21,22)23-5-9-8(20)4-10(24-9)19-7-17-11-12(14)15-6-16-13(11)19/h6-10,20H,2-5H2,1H3,(H2,14,15,16)(H2,18,21,22)/t8-,9-,10-/m1/s1. The first-order chi connectivity index (χ1) is 11.9. The van der Waals surface area contributed by atoms with Crippen molar-refractivity contribution in [1.82, 2.24) is 24.6 Å². The zero-order valence-electron chi connectivity index (χ0n) is 13.6. The summed E-state index contributed by atoms with van der Waals surface area (Å²) in [4.78, 5) is 21.8. The van der Waals surface area contributed by atoms with Gasteiger partial charge in [-0.05, 0) is 6.42 Å². The van der Waals surface area contributed by atoms with Crippen LogP contribution in [0.5, 0.6) is 0 Å². The van der Waals surface area contributed by atoms with E-state index in [4.69, 9.17) is 15.0 Å². The highest BCUT2D eigenvalue weighted by Gasteiger charge is 2.37. The smallest absolute Gasteiger partial charge is 0.390 e. The van der Waals surface area contributed by atoms with Crippen LogP contribution >= 0.6 is 7.75 Å². The molecule has 1 unspecified atom stereocenters. The number of nitrogens with zero attached hydrogens (tertiary/aromatic N) is 4. The maximum atomic E-state index is 11.8. The number of imidazole rings is 1. The van der Waals surface area contributed by atoms with Gasteiger partial charge in [-0.2, -0.15) is 0 Å². The minimum absolute atomic E-state index is 0.216. The summed E-state index contributed by atoms with van der Waals surface area (Å²) in [5.74, 6) is 0.255. The molecule has 1 fully saturated rings. The van der Waals surface area contributed by atoms with E-state index in [1.807, 2.05) is 6.92 Å². The van der Waals surface area contributed by atoms with Crippen molar-refractivity contribution < 1.29 is 23.8 Å². The number of nitrogen functional groups attached to an aromatic ring is 1. The molecule has 1 saturated heterocycles. The predicted molar refractivity (Wildman–Crippen MR) is 88.3 cm³/mol. The molecule has 3 rings (SSSR count). The Morgan fingerprint density at radius 2 is 2.32 bits per heavy atom. The maximum absolute atomic E-state index is 11.8. The lowest BCUT2D eigenvalue weighted by atomic mass is 10.2. The Morgan fingerprint density at radius 3 is 3.08 bits per heavy atom. The molecule has 0 amide bonds. The van der Waals surface area contributed by atoms with E-state index in [0.29, 0.717) is 24.1 Å². The molecule has 0 spiro atoms. The Kier molecular flexibility index (Phi) is 5.32. The van der Waals surface area contributed by atoms with Crippen molar-refractivity contribution in [2.75, 3.05) is 18.9 Å². The molecule has 3 heterocycles. The van der Waals surface area contributed by atoms with Crippen LogP contribution in [0.25, 0.3) is 11.2 Å². The van der Waals surface area contributed by atoms with Crippen molar-refractivity contribution >= 4 is 24.7 Å². The van der Waals surface area contributed by atoms with Gasteiger partial charge >= 0.3 is 7.75 Å². The molecule has 0 bridgehead atoms. The van der Waals surface area contributed by atoms with E-state index in [1.165, 1.54) is 12.7 Å². The topological polar surface area (TPSA) is 158 Å². The molecule has 2 aromatic heterocycles. The Hall–Kier alpha value is -1.62. The minimum Gasteiger partial charge on any atom is -0.390 e. The Balaban J connectivity index is 1.67.